The Balaban J connectivity index is 1.54. The maximum atomic E-state index is 6.17. The molecule has 0 spiro atoms. The van der Waals surface area contributed by atoms with Gasteiger partial charge in [-0.25, -0.2) is 0 Å². The summed E-state index contributed by atoms with van der Waals surface area (Å²) in [4.78, 5) is 1.49. The van der Waals surface area contributed by atoms with Gasteiger partial charge in [0.05, 0.1) is 4.34 Å². The number of aryl methyl sites for hydroxylation is 1. The second-order valence-corrected chi connectivity index (χ2v) is 7.70. The Morgan fingerprint density at radius 1 is 1.33 bits per heavy atom. The fraction of sp³-hybridized carbons (Fsp3) is 0.444. The summed E-state index contributed by atoms with van der Waals surface area (Å²) in [5.41, 5.74) is 2.88. The van der Waals surface area contributed by atoms with Crippen LogP contribution in [0.15, 0.2) is 36.4 Å². The van der Waals surface area contributed by atoms with Crippen LogP contribution in [0.2, 0.25) is 4.34 Å². The molecule has 1 heterocycles. The zero-order valence-corrected chi connectivity index (χ0v) is 14.0. The predicted octanol–water partition coefficient (Wildman–Crippen LogP) is 5.56. The molecule has 1 aliphatic carbocycles. The molecule has 2 atom stereocenters. The second-order valence-electron chi connectivity index (χ2n) is 5.93. The van der Waals surface area contributed by atoms with Gasteiger partial charge in [-0.05, 0) is 55.3 Å². The first-order valence-electron chi connectivity index (χ1n) is 7.80. The molecule has 0 saturated heterocycles. The maximum absolute atomic E-state index is 6.17. The lowest BCUT2D eigenvalue weighted by Gasteiger charge is -2.24. The first-order chi connectivity index (χ1) is 10.2. The van der Waals surface area contributed by atoms with E-state index in [-0.39, 0.29) is 0 Å². The van der Waals surface area contributed by atoms with Gasteiger partial charge in [-0.15, -0.1) is 11.3 Å². The van der Waals surface area contributed by atoms with Gasteiger partial charge in [0, 0.05) is 10.9 Å². The van der Waals surface area contributed by atoms with Crippen LogP contribution in [0.3, 0.4) is 0 Å². The van der Waals surface area contributed by atoms with Crippen LogP contribution in [-0.2, 0) is 6.42 Å². The molecule has 1 aliphatic rings. The molecule has 0 fully saturated rings. The lowest BCUT2D eigenvalue weighted by atomic mass is 9.93. The fourth-order valence-electron chi connectivity index (χ4n) is 3.16. The molecule has 0 saturated carbocycles. The van der Waals surface area contributed by atoms with Crippen molar-refractivity contribution < 1.29 is 0 Å². The Labute approximate surface area is 136 Å². The van der Waals surface area contributed by atoms with Crippen LogP contribution in [-0.4, -0.2) is 6.54 Å². The van der Waals surface area contributed by atoms with Crippen molar-refractivity contribution >= 4 is 22.9 Å². The highest BCUT2D eigenvalue weighted by atomic mass is 35.5. The lowest BCUT2D eigenvalue weighted by molar-refractivity contribution is 0.450. The third kappa shape index (κ3) is 3.68. The van der Waals surface area contributed by atoms with Crippen molar-refractivity contribution in [1.82, 2.24) is 5.32 Å². The molecule has 3 heteroatoms. The number of fused-ring (bicyclic) bond motifs is 1. The van der Waals surface area contributed by atoms with Gasteiger partial charge in [-0.2, -0.15) is 0 Å². The summed E-state index contributed by atoms with van der Waals surface area (Å²) in [5, 5.41) is 3.74. The highest BCUT2D eigenvalue weighted by Gasteiger charge is 2.22. The molecule has 1 aromatic heterocycles. The van der Waals surface area contributed by atoms with Crippen LogP contribution in [0, 0.1) is 0 Å². The minimum absolute atomic E-state index is 0.500. The van der Waals surface area contributed by atoms with Gasteiger partial charge in [0.1, 0.15) is 0 Å². The summed E-state index contributed by atoms with van der Waals surface area (Å²) >= 11 is 7.93. The van der Waals surface area contributed by atoms with E-state index in [1.54, 1.807) is 11.3 Å². The normalized spacial score (nSPS) is 19.2. The summed E-state index contributed by atoms with van der Waals surface area (Å²) in [7, 11) is 0. The highest BCUT2D eigenvalue weighted by Crippen LogP contribution is 2.37. The smallest absolute Gasteiger partial charge is 0.0934 e. The average Bonchev–Trinajstić information content (AvgIpc) is 2.89. The molecule has 0 bridgehead atoms. The summed E-state index contributed by atoms with van der Waals surface area (Å²) in [6.45, 7) is 3.37. The largest absolute Gasteiger partial charge is 0.310 e. The molecule has 2 aromatic rings. The molecule has 1 N–H and O–H groups in total. The standard InChI is InChI=1S/C18H22ClNS/c1-13(14-6-3-2-4-7-14)10-11-20-16-8-5-9-17-15(16)12-18(19)21-17/h2-4,6-7,12-13,16,20H,5,8-11H2,1H3. The Hall–Kier alpha value is -0.830. The van der Waals surface area contributed by atoms with Crippen molar-refractivity contribution in [2.24, 2.45) is 0 Å². The topological polar surface area (TPSA) is 12.0 Å². The van der Waals surface area contributed by atoms with E-state index in [4.69, 9.17) is 11.6 Å². The Morgan fingerprint density at radius 3 is 2.95 bits per heavy atom. The Kier molecular flexibility index (Phi) is 4.99. The van der Waals surface area contributed by atoms with Crippen LogP contribution in [0.5, 0.6) is 0 Å². The number of thiophene rings is 1. The minimum Gasteiger partial charge on any atom is -0.310 e. The van der Waals surface area contributed by atoms with Crippen LogP contribution in [0.4, 0.5) is 0 Å². The van der Waals surface area contributed by atoms with E-state index in [2.05, 4.69) is 48.6 Å². The zero-order valence-electron chi connectivity index (χ0n) is 12.4. The molecule has 2 unspecified atom stereocenters. The van der Waals surface area contributed by atoms with Gasteiger partial charge < -0.3 is 5.32 Å². The SMILES string of the molecule is CC(CCNC1CCCc2sc(Cl)cc21)c1ccccc1. The first kappa shape index (κ1) is 15.1. The second kappa shape index (κ2) is 6.95. The van der Waals surface area contributed by atoms with Gasteiger partial charge in [-0.3, -0.25) is 0 Å². The summed E-state index contributed by atoms with van der Waals surface area (Å²) in [6, 6.07) is 13.4. The molecular formula is C18H22ClNS. The van der Waals surface area contributed by atoms with Gasteiger partial charge in [0.15, 0.2) is 0 Å². The third-order valence-electron chi connectivity index (χ3n) is 4.42. The number of rotatable bonds is 5. The molecule has 112 valence electrons. The zero-order chi connectivity index (χ0) is 14.7. The Morgan fingerprint density at radius 2 is 2.14 bits per heavy atom. The number of hydrogen-bond donors (Lipinski definition) is 1. The highest BCUT2D eigenvalue weighted by molar-refractivity contribution is 7.16. The number of benzene rings is 1. The quantitative estimate of drug-likeness (QED) is 0.760. The average molecular weight is 320 g/mol. The van der Waals surface area contributed by atoms with Crippen LogP contribution in [0.1, 0.15) is 54.1 Å². The summed E-state index contributed by atoms with van der Waals surface area (Å²) in [5.74, 6) is 0.604. The van der Waals surface area contributed by atoms with E-state index in [0.29, 0.717) is 12.0 Å². The predicted molar refractivity (Wildman–Crippen MR) is 92.5 cm³/mol. The molecule has 1 aromatic carbocycles. The summed E-state index contributed by atoms with van der Waals surface area (Å²) in [6.07, 6.45) is 4.88. The minimum atomic E-state index is 0.500. The fourth-order valence-corrected chi connectivity index (χ4v) is 4.54. The van der Waals surface area contributed by atoms with Crippen molar-refractivity contribution in [2.75, 3.05) is 6.54 Å². The molecule has 3 rings (SSSR count). The van der Waals surface area contributed by atoms with Crippen LogP contribution in [0.25, 0.3) is 0 Å². The monoisotopic (exact) mass is 319 g/mol. The maximum Gasteiger partial charge on any atom is 0.0934 e. The van der Waals surface area contributed by atoms with Gasteiger partial charge in [0.25, 0.3) is 0 Å². The summed E-state index contributed by atoms with van der Waals surface area (Å²) < 4.78 is 0.936. The first-order valence-corrected chi connectivity index (χ1v) is 9.00. The van der Waals surface area contributed by atoms with E-state index in [1.807, 2.05) is 0 Å². The van der Waals surface area contributed by atoms with E-state index in [9.17, 15) is 0 Å². The van der Waals surface area contributed by atoms with Crippen molar-refractivity contribution in [3.63, 3.8) is 0 Å². The molecule has 21 heavy (non-hydrogen) atoms. The number of nitrogens with one attached hydrogen (secondary N) is 1. The van der Waals surface area contributed by atoms with Crippen LogP contribution < -0.4 is 5.32 Å². The molecular weight excluding hydrogens is 298 g/mol. The van der Waals surface area contributed by atoms with Crippen molar-refractivity contribution in [2.45, 2.75) is 44.6 Å². The number of hydrogen-bond acceptors (Lipinski definition) is 2. The van der Waals surface area contributed by atoms with Gasteiger partial charge in [-0.1, -0.05) is 48.9 Å². The molecule has 0 amide bonds. The van der Waals surface area contributed by atoms with Crippen molar-refractivity contribution in [3.05, 3.63) is 56.7 Å². The van der Waals surface area contributed by atoms with Crippen molar-refractivity contribution in [3.8, 4) is 0 Å². The van der Waals surface area contributed by atoms with E-state index in [0.717, 1.165) is 10.9 Å². The van der Waals surface area contributed by atoms with E-state index in [1.165, 1.54) is 41.7 Å². The van der Waals surface area contributed by atoms with E-state index < -0.39 is 0 Å². The number of halogens is 1. The molecule has 0 radical (unpaired) electrons. The third-order valence-corrected chi connectivity index (χ3v) is 5.76. The van der Waals surface area contributed by atoms with Crippen molar-refractivity contribution in [1.29, 1.82) is 0 Å². The van der Waals surface area contributed by atoms with Crippen LogP contribution >= 0.6 is 22.9 Å². The Bertz CT molecular complexity index is 578. The lowest BCUT2D eigenvalue weighted by Crippen LogP contribution is -2.26. The van der Waals surface area contributed by atoms with Gasteiger partial charge >= 0.3 is 0 Å². The van der Waals surface area contributed by atoms with E-state index >= 15 is 0 Å². The molecule has 0 aliphatic heterocycles. The molecule has 1 nitrogen and oxygen atoms in total. The van der Waals surface area contributed by atoms with Gasteiger partial charge in [0.2, 0.25) is 0 Å².